The van der Waals surface area contributed by atoms with Gasteiger partial charge >= 0.3 is 0 Å². The van der Waals surface area contributed by atoms with Crippen LogP contribution in [-0.4, -0.2) is 37.1 Å². The predicted molar refractivity (Wildman–Crippen MR) is 61.2 cm³/mol. The van der Waals surface area contributed by atoms with Gasteiger partial charge in [-0.05, 0) is 39.3 Å². The van der Waals surface area contributed by atoms with Crippen LogP contribution in [0.3, 0.4) is 0 Å². The van der Waals surface area contributed by atoms with Gasteiger partial charge in [0.2, 0.25) is 0 Å². The van der Waals surface area contributed by atoms with Crippen molar-refractivity contribution in [2.75, 3.05) is 20.1 Å². The van der Waals surface area contributed by atoms with E-state index in [-0.39, 0.29) is 24.8 Å². The van der Waals surface area contributed by atoms with E-state index in [2.05, 4.69) is 17.3 Å². The van der Waals surface area contributed by atoms with Crippen LogP contribution in [0.15, 0.2) is 0 Å². The molecule has 2 aliphatic rings. The topological polar surface area (TPSA) is 15.3 Å². The molecule has 0 bridgehead atoms. The van der Waals surface area contributed by atoms with Crippen molar-refractivity contribution < 1.29 is 0 Å². The van der Waals surface area contributed by atoms with Crippen LogP contribution in [0.5, 0.6) is 0 Å². The average molecular weight is 227 g/mol. The molecule has 0 aromatic rings. The van der Waals surface area contributed by atoms with Crippen LogP contribution in [0.4, 0.5) is 0 Å². The Kier molecular flexibility index (Phi) is 6.31. The third kappa shape index (κ3) is 3.62. The maximum absolute atomic E-state index is 3.46. The average Bonchev–Trinajstić information content (AvgIpc) is 2.87. The molecule has 0 unspecified atom stereocenters. The van der Waals surface area contributed by atoms with Crippen LogP contribution in [0, 0.1) is 0 Å². The number of piperidine rings is 1. The Labute approximate surface area is 93.3 Å². The first-order valence-electron chi connectivity index (χ1n) is 4.80. The molecule has 13 heavy (non-hydrogen) atoms. The maximum atomic E-state index is 3.46. The molecule has 1 saturated carbocycles. The number of likely N-dealkylation sites (N-methyl/N-ethyl adjacent to an activating group) is 1. The van der Waals surface area contributed by atoms with E-state index in [1.54, 1.807) is 0 Å². The molecule has 0 aromatic carbocycles. The standard InChI is InChI=1S/C9H18N2.2ClH/c1-11(8-4-5-8)9-3-2-6-10-7-9;;/h8-10H,2-7H2,1H3;2*1H/t9-;;/m1../s1. The fraction of sp³-hybridized carbons (Fsp3) is 1.00. The Balaban J connectivity index is 0.000000720. The van der Waals surface area contributed by atoms with Crippen LogP contribution in [0.1, 0.15) is 25.7 Å². The fourth-order valence-electron chi connectivity index (χ4n) is 1.96. The summed E-state index contributed by atoms with van der Waals surface area (Å²) in [6, 6.07) is 1.76. The van der Waals surface area contributed by atoms with Crippen LogP contribution in [0.2, 0.25) is 0 Å². The number of rotatable bonds is 2. The Morgan fingerprint density at radius 2 is 1.77 bits per heavy atom. The van der Waals surface area contributed by atoms with Crippen molar-refractivity contribution in [1.82, 2.24) is 10.2 Å². The molecule has 0 spiro atoms. The van der Waals surface area contributed by atoms with E-state index < -0.39 is 0 Å². The van der Waals surface area contributed by atoms with Gasteiger partial charge in [-0.2, -0.15) is 0 Å². The highest BCUT2D eigenvalue weighted by Crippen LogP contribution is 2.28. The number of halogens is 2. The number of hydrogen-bond donors (Lipinski definition) is 1. The molecule has 1 aliphatic heterocycles. The molecule has 4 heteroatoms. The first-order valence-corrected chi connectivity index (χ1v) is 4.80. The molecule has 2 nitrogen and oxygen atoms in total. The van der Waals surface area contributed by atoms with Gasteiger partial charge in [0.15, 0.2) is 0 Å². The second-order valence-electron chi connectivity index (χ2n) is 3.90. The Bertz CT molecular complexity index is 134. The highest BCUT2D eigenvalue weighted by molar-refractivity contribution is 5.85. The van der Waals surface area contributed by atoms with Crippen molar-refractivity contribution in [3.05, 3.63) is 0 Å². The Morgan fingerprint density at radius 3 is 2.23 bits per heavy atom. The molecule has 2 fully saturated rings. The number of hydrogen-bond acceptors (Lipinski definition) is 2. The van der Waals surface area contributed by atoms with Gasteiger partial charge in [-0.15, -0.1) is 24.8 Å². The van der Waals surface area contributed by atoms with Gasteiger partial charge in [-0.25, -0.2) is 0 Å². The maximum Gasteiger partial charge on any atom is 0.0220 e. The minimum absolute atomic E-state index is 0. The minimum Gasteiger partial charge on any atom is -0.315 e. The fourth-order valence-corrected chi connectivity index (χ4v) is 1.96. The summed E-state index contributed by atoms with van der Waals surface area (Å²) in [4.78, 5) is 2.58. The predicted octanol–water partition coefficient (Wildman–Crippen LogP) is 1.68. The molecule has 1 saturated heterocycles. The zero-order valence-electron chi connectivity index (χ0n) is 8.16. The molecule has 0 radical (unpaired) electrons. The summed E-state index contributed by atoms with van der Waals surface area (Å²) in [6.07, 6.45) is 5.64. The van der Waals surface area contributed by atoms with E-state index in [4.69, 9.17) is 0 Å². The van der Waals surface area contributed by atoms with Crippen molar-refractivity contribution in [2.45, 2.75) is 37.8 Å². The molecule has 1 aliphatic carbocycles. The highest BCUT2D eigenvalue weighted by Gasteiger charge is 2.31. The van der Waals surface area contributed by atoms with Crippen molar-refractivity contribution in [1.29, 1.82) is 0 Å². The van der Waals surface area contributed by atoms with Gasteiger partial charge in [0, 0.05) is 18.6 Å². The lowest BCUT2D eigenvalue weighted by molar-refractivity contribution is 0.195. The molecule has 0 amide bonds. The van der Waals surface area contributed by atoms with E-state index in [0.717, 1.165) is 12.1 Å². The van der Waals surface area contributed by atoms with E-state index in [1.807, 2.05) is 0 Å². The summed E-state index contributed by atoms with van der Waals surface area (Å²) in [5.74, 6) is 0. The highest BCUT2D eigenvalue weighted by atomic mass is 35.5. The lowest BCUT2D eigenvalue weighted by atomic mass is 10.1. The van der Waals surface area contributed by atoms with Crippen molar-refractivity contribution in [3.63, 3.8) is 0 Å². The summed E-state index contributed by atoms with van der Waals surface area (Å²) in [5.41, 5.74) is 0. The number of nitrogens with one attached hydrogen (secondary N) is 1. The molecular formula is C9H20Cl2N2. The van der Waals surface area contributed by atoms with Gasteiger partial charge in [0.1, 0.15) is 0 Å². The first kappa shape index (κ1) is 13.5. The third-order valence-electron chi connectivity index (χ3n) is 2.97. The molecule has 1 atom stereocenters. The quantitative estimate of drug-likeness (QED) is 0.772. The van der Waals surface area contributed by atoms with E-state index >= 15 is 0 Å². The van der Waals surface area contributed by atoms with Gasteiger partial charge in [0.25, 0.3) is 0 Å². The summed E-state index contributed by atoms with van der Waals surface area (Å²) < 4.78 is 0. The summed E-state index contributed by atoms with van der Waals surface area (Å²) >= 11 is 0. The smallest absolute Gasteiger partial charge is 0.0220 e. The summed E-state index contributed by atoms with van der Waals surface area (Å²) in [6.45, 7) is 2.45. The van der Waals surface area contributed by atoms with E-state index in [0.29, 0.717) is 0 Å². The van der Waals surface area contributed by atoms with Gasteiger partial charge < -0.3 is 5.32 Å². The van der Waals surface area contributed by atoms with Crippen LogP contribution in [-0.2, 0) is 0 Å². The van der Waals surface area contributed by atoms with Crippen molar-refractivity contribution in [2.24, 2.45) is 0 Å². The Hall–Kier alpha value is 0.500. The van der Waals surface area contributed by atoms with Gasteiger partial charge in [-0.1, -0.05) is 0 Å². The zero-order chi connectivity index (χ0) is 7.68. The minimum atomic E-state index is 0. The molecule has 80 valence electrons. The normalized spacial score (nSPS) is 27.7. The van der Waals surface area contributed by atoms with Crippen LogP contribution in [0.25, 0.3) is 0 Å². The second-order valence-corrected chi connectivity index (χ2v) is 3.90. The molecule has 2 rings (SSSR count). The molecule has 1 heterocycles. The lowest BCUT2D eigenvalue weighted by Gasteiger charge is -2.31. The van der Waals surface area contributed by atoms with Crippen molar-refractivity contribution in [3.8, 4) is 0 Å². The third-order valence-corrected chi connectivity index (χ3v) is 2.97. The van der Waals surface area contributed by atoms with E-state index in [1.165, 1.54) is 38.8 Å². The summed E-state index contributed by atoms with van der Waals surface area (Å²) in [7, 11) is 2.29. The SMILES string of the molecule is CN(C1CC1)[C@@H]1CCCNC1.Cl.Cl. The van der Waals surface area contributed by atoms with E-state index in [9.17, 15) is 0 Å². The van der Waals surface area contributed by atoms with Gasteiger partial charge in [-0.3, -0.25) is 4.90 Å². The van der Waals surface area contributed by atoms with Gasteiger partial charge in [0.05, 0.1) is 0 Å². The zero-order valence-corrected chi connectivity index (χ0v) is 9.79. The molecular weight excluding hydrogens is 207 g/mol. The Morgan fingerprint density at radius 1 is 1.08 bits per heavy atom. The van der Waals surface area contributed by atoms with Crippen molar-refractivity contribution >= 4 is 24.8 Å². The van der Waals surface area contributed by atoms with Crippen LogP contribution < -0.4 is 5.32 Å². The molecule has 1 N–H and O–H groups in total. The molecule has 0 aromatic heterocycles. The lowest BCUT2D eigenvalue weighted by Crippen LogP contribution is -2.44. The number of nitrogens with zero attached hydrogens (tertiary/aromatic N) is 1. The second kappa shape index (κ2) is 6.07. The largest absolute Gasteiger partial charge is 0.315 e. The monoisotopic (exact) mass is 226 g/mol. The summed E-state index contributed by atoms with van der Waals surface area (Å²) in [5, 5.41) is 3.46. The first-order chi connectivity index (χ1) is 5.38. The van der Waals surface area contributed by atoms with Crippen LogP contribution >= 0.6 is 24.8 Å².